The summed E-state index contributed by atoms with van der Waals surface area (Å²) in [4.78, 5) is 21.0. The zero-order valence-corrected chi connectivity index (χ0v) is 15.6. The third-order valence-electron chi connectivity index (χ3n) is 3.90. The molecule has 0 radical (unpaired) electrons. The van der Waals surface area contributed by atoms with Gasteiger partial charge in [0.2, 0.25) is 0 Å². The van der Waals surface area contributed by atoms with Gasteiger partial charge in [-0.25, -0.2) is 14.4 Å². The van der Waals surface area contributed by atoms with Crippen LogP contribution in [0.4, 0.5) is 15.9 Å². The van der Waals surface area contributed by atoms with E-state index in [1.807, 2.05) is 19.1 Å². The number of anilines is 2. The van der Waals surface area contributed by atoms with Crippen LogP contribution < -0.4 is 10.6 Å². The molecule has 2 aromatic carbocycles. The molecule has 3 aromatic rings. The van der Waals surface area contributed by atoms with Gasteiger partial charge in [-0.2, -0.15) is 0 Å². The van der Waals surface area contributed by atoms with Crippen molar-refractivity contribution in [2.24, 2.45) is 0 Å². The van der Waals surface area contributed by atoms with E-state index in [-0.39, 0.29) is 24.0 Å². The Morgan fingerprint density at radius 2 is 1.81 bits per heavy atom. The molecule has 3 rings (SSSR count). The molecule has 0 atom stereocenters. The Balaban J connectivity index is 1.75. The minimum absolute atomic E-state index is 0.242. The van der Waals surface area contributed by atoms with Crippen molar-refractivity contribution in [2.75, 3.05) is 5.32 Å². The second-order valence-corrected chi connectivity index (χ2v) is 6.52. The van der Waals surface area contributed by atoms with Crippen molar-refractivity contribution >= 4 is 29.0 Å². The lowest BCUT2D eigenvalue weighted by Gasteiger charge is -2.11. The first kappa shape index (κ1) is 18.8. The quantitative estimate of drug-likeness (QED) is 0.676. The van der Waals surface area contributed by atoms with Crippen LogP contribution in [0.25, 0.3) is 0 Å². The molecule has 1 amide bonds. The summed E-state index contributed by atoms with van der Waals surface area (Å²) >= 11 is 6.04. The lowest BCUT2D eigenvalue weighted by molar-refractivity contribution is 0.0945. The molecule has 5 nitrogen and oxygen atoms in total. The number of carbonyl (C=O) groups is 1. The molecule has 1 heterocycles. The van der Waals surface area contributed by atoms with E-state index >= 15 is 0 Å². The van der Waals surface area contributed by atoms with E-state index in [4.69, 9.17) is 11.6 Å². The molecule has 2 N–H and O–H groups in total. The van der Waals surface area contributed by atoms with E-state index in [9.17, 15) is 9.18 Å². The van der Waals surface area contributed by atoms with Crippen molar-refractivity contribution < 1.29 is 9.18 Å². The van der Waals surface area contributed by atoms with Crippen molar-refractivity contribution in [1.82, 2.24) is 15.3 Å². The van der Waals surface area contributed by atoms with Gasteiger partial charge in [0, 0.05) is 23.3 Å². The molecular formula is C20H18ClFN4O. The van der Waals surface area contributed by atoms with Crippen molar-refractivity contribution in [3.05, 3.63) is 82.0 Å². The standard InChI is InChI=1S/C20H18ClFN4O/c1-12-3-6-15(21)9-17(12)26-19-10-18(24-13(2)25-19)20(27)23-11-14-4-7-16(22)8-5-14/h3-10H,11H2,1-2H3,(H,23,27)(H,24,25,26). The van der Waals surface area contributed by atoms with Crippen LogP contribution in [0.3, 0.4) is 0 Å². The highest BCUT2D eigenvalue weighted by atomic mass is 35.5. The molecule has 0 aliphatic carbocycles. The fourth-order valence-corrected chi connectivity index (χ4v) is 2.66. The van der Waals surface area contributed by atoms with Gasteiger partial charge in [-0.05, 0) is 49.2 Å². The minimum atomic E-state index is -0.337. The van der Waals surface area contributed by atoms with E-state index in [1.165, 1.54) is 12.1 Å². The summed E-state index contributed by atoms with van der Waals surface area (Å²) in [6.07, 6.45) is 0. The highest BCUT2D eigenvalue weighted by molar-refractivity contribution is 6.30. The average Bonchev–Trinajstić information content (AvgIpc) is 2.63. The zero-order chi connectivity index (χ0) is 19.4. The first-order valence-corrected chi connectivity index (χ1v) is 8.70. The SMILES string of the molecule is Cc1nc(Nc2cc(Cl)ccc2C)cc(C(=O)NCc2ccc(F)cc2)n1. The van der Waals surface area contributed by atoms with Crippen molar-refractivity contribution in [2.45, 2.75) is 20.4 Å². The summed E-state index contributed by atoms with van der Waals surface area (Å²) in [5.74, 6) is 0.311. The van der Waals surface area contributed by atoms with E-state index in [2.05, 4.69) is 20.6 Å². The van der Waals surface area contributed by atoms with E-state index in [0.29, 0.717) is 16.7 Å². The maximum absolute atomic E-state index is 13.0. The summed E-state index contributed by atoms with van der Waals surface area (Å²) in [7, 11) is 0. The summed E-state index contributed by atoms with van der Waals surface area (Å²) in [6, 6.07) is 13.0. The van der Waals surface area contributed by atoms with Gasteiger partial charge in [0.15, 0.2) is 0 Å². The third-order valence-corrected chi connectivity index (χ3v) is 4.13. The number of rotatable bonds is 5. The number of halogens is 2. The van der Waals surface area contributed by atoms with Crippen LogP contribution in [-0.4, -0.2) is 15.9 Å². The molecule has 0 bridgehead atoms. The summed E-state index contributed by atoms with van der Waals surface area (Å²) in [5.41, 5.74) is 2.84. The Bertz CT molecular complexity index is 976. The van der Waals surface area contributed by atoms with Crippen LogP contribution in [0.5, 0.6) is 0 Å². The second kappa shape index (κ2) is 8.14. The number of hydrogen-bond acceptors (Lipinski definition) is 4. The first-order valence-electron chi connectivity index (χ1n) is 8.32. The molecular weight excluding hydrogens is 367 g/mol. The van der Waals surface area contributed by atoms with Crippen LogP contribution in [-0.2, 0) is 6.54 Å². The largest absolute Gasteiger partial charge is 0.347 e. The number of benzene rings is 2. The number of hydrogen-bond donors (Lipinski definition) is 2. The summed E-state index contributed by atoms with van der Waals surface area (Å²) < 4.78 is 13.0. The minimum Gasteiger partial charge on any atom is -0.347 e. The average molecular weight is 385 g/mol. The van der Waals surface area contributed by atoms with E-state index in [1.54, 1.807) is 31.2 Å². The van der Waals surface area contributed by atoms with Gasteiger partial charge >= 0.3 is 0 Å². The molecule has 0 fully saturated rings. The normalized spacial score (nSPS) is 10.5. The molecule has 1 aromatic heterocycles. The van der Waals surface area contributed by atoms with Crippen LogP contribution in [0, 0.1) is 19.7 Å². The predicted molar refractivity (Wildman–Crippen MR) is 104 cm³/mol. The molecule has 27 heavy (non-hydrogen) atoms. The number of nitrogens with one attached hydrogen (secondary N) is 2. The zero-order valence-electron chi connectivity index (χ0n) is 14.9. The Morgan fingerprint density at radius 1 is 1.07 bits per heavy atom. The Labute approximate surface area is 161 Å². The summed E-state index contributed by atoms with van der Waals surface area (Å²) in [5, 5.41) is 6.55. The van der Waals surface area contributed by atoms with Crippen LogP contribution in [0.2, 0.25) is 5.02 Å². The lowest BCUT2D eigenvalue weighted by atomic mass is 10.2. The Kier molecular flexibility index (Phi) is 5.66. The monoisotopic (exact) mass is 384 g/mol. The number of carbonyl (C=O) groups excluding carboxylic acids is 1. The van der Waals surface area contributed by atoms with Gasteiger partial charge in [-0.1, -0.05) is 29.8 Å². The van der Waals surface area contributed by atoms with Crippen molar-refractivity contribution in [3.63, 3.8) is 0 Å². The Hall–Kier alpha value is -2.99. The number of aromatic nitrogens is 2. The number of aryl methyl sites for hydroxylation is 2. The summed E-state index contributed by atoms with van der Waals surface area (Å²) in [6.45, 7) is 3.94. The van der Waals surface area contributed by atoms with Crippen LogP contribution >= 0.6 is 11.6 Å². The second-order valence-electron chi connectivity index (χ2n) is 6.08. The fourth-order valence-electron chi connectivity index (χ4n) is 2.49. The van der Waals surface area contributed by atoms with Crippen molar-refractivity contribution in [3.8, 4) is 0 Å². The third kappa shape index (κ3) is 5.01. The van der Waals surface area contributed by atoms with Gasteiger partial charge in [0.25, 0.3) is 5.91 Å². The van der Waals surface area contributed by atoms with Gasteiger partial charge < -0.3 is 10.6 Å². The molecule has 138 valence electrons. The maximum atomic E-state index is 13.0. The van der Waals surface area contributed by atoms with E-state index < -0.39 is 0 Å². The predicted octanol–water partition coefficient (Wildman–Crippen LogP) is 4.56. The fraction of sp³-hybridized carbons (Fsp3) is 0.150. The van der Waals surface area contributed by atoms with Gasteiger partial charge in [-0.15, -0.1) is 0 Å². The molecule has 0 saturated heterocycles. The smallest absolute Gasteiger partial charge is 0.270 e. The van der Waals surface area contributed by atoms with E-state index in [0.717, 1.165) is 16.8 Å². The van der Waals surface area contributed by atoms with Crippen molar-refractivity contribution in [1.29, 1.82) is 0 Å². The first-order chi connectivity index (χ1) is 12.9. The number of nitrogens with zero attached hydrogens (tertiary/aromatic N) is 2. The topological polar surface area (TPSA) is 66.9 Å². The Morgan fingerprint density at radius 3 is 2.56 bits per heavy atom. The van der Waals surface area contributed by atoms with Gasteiger partial charge in [0.1, 0.15) is 23.2 Å². The molecule has 0 aliphatic heterocycles. The molecule has 0 spiro atoms. The molecule has 0 saturated carbocycles. The molecule has 0 aliphatic rings. The molecule has 0 unspecified atom stereocenters. The van der Waals surface area contributed by atoms with Crippen LogP contribution in [0.15, 0.2) is 48.5 Å². The maximum Gasteiger partial charge on any atom is 0.270 e. The number of amides is 1. The highest BCUT2D eigenvalue weighted by Crippen LogP contribution is 2.23. The lowest BCUT2D eigenvalue weighted by Crippen LogP contribution is -2.24. The molecule has 7 heteroatoms. The van der Waals surface area contributed by atoms with Crippen LogP contribution in [0.1, 0.15) is 27.4 Å². The van der Waals surface area contributed by atoms with Gasteiger partial charge in [-0.3, -0.25) is 4.79 Å². The highest BCUT2D eigenvalue weighted by Gasteiger charge is 2.11. The van der Waals surface area contributed by atoms with Gasteiger partial charge in [0.05, 0.1) is 0 Å².